The average Bonchev–Trinajstić information content (AvgIpc) is 3.15. The van der Waals surface area contributed by atoms with Crippen LogP contribution < -0.4 is 5.32 Å². The van der Waals surface area contributed by atoms with Crippen LogP contribution in [-0.4, -0.2) is 76.8 Å². The Kier molecular flexibility index (Phi) is 8.15. The van der Waals surface area contributed by atoms with Gasteiger partial charge in [0.2, 0.25) is 11.8 Å². The van der Waals surface area contributed by atoms with E-state index in [1.807, 2.05) is 12.1 Å². The summed E-state index contributed by atoms with van der Waals surface area (Å²) in [5.74, 6) is -0.526. The quantitative estimate of drug-likeness (QED) is 0.622. The fraction of sp³-hybridized carbons (Fsp3) is 0.650. The summed E-state index contributed by atoms with van der Waals surface area (Å²) in [6, 6.07) is 4.79. The van der Waals surface area contributed by atoms with Crippen molar-refractivity contribution in [3.05, 3.63) is 24.4 Å². The third-order valence-electron chi connectivity index (χ3n) is 5.67. The summed E-state index contributed by atoms with van der Waals surface area (Å²) in [6.45, 7) is 3.32. The van der Waals surface area contributed by atoms with Crippen molar-refractivity contribution in [1.82, 2.24) is 20.1 Å². The lowest BCUT2D eigenvalue weighted by atomic mass is 9.94. The largest absolute Gasteiger partial charge is 0.407 e. The Hall–Kier alpha value is -1.81. The molecule has 3 atom stereocenters. The highest BCUT2D eigenvalue weighted by molar-refractivity contribution is 7.99. The van der Waals surface area contributed by atoms with Gasteiger partial charge in [0, 0.05) is 18.8 Å². The minimum atomic E-state index is -4.55. The van der Waals surface area contributed by atoms with E-state index in [1.54, 1.807) is 24.1 Å². The lowest BCUT2D eigenvalue weighted by Crippen LogP contribution is -2.57. The number of halogens is 3. The van der Waals surface area contributed by atoms with E-state index in [0.717, 1.165) is 23.3 Å². The first-order chi connectivity index (χ1) is 14.0. The first-order valence-corrected chi connectivity index (χ1v) is 10.8. The molecular weight excluding hydrogens is 417 g/mol. The predicted octanol–water partition coefficient (Wildman–Crippen LogP) is 2.94. The number of pyridine rings is 1. The fourth-order valence-corrected chi connectivity index (χ4v) is 4.25. The van der Waals surface area contributed by atoms with Gasteiger partial charge < -0.3 is 10.2 Å². The van der Waals surface area contributed by atoms with Crippen LogP contribution >= 0.6 is 11.8 Å². The van der Waals surface area contributed by atoms with Crippen molar-refractivity contribution in [3.63, 3.8) is 0 Å². The highest BCUT2D eigenvalue weighted by Gasteiger charge is 2.54. The van der Waals surface area contributed by atoms with E-state index in [1.165, 1.54) is 25.9 Å². The Morgan fingerprint density at radius 3 is 2.63 bits per heavy atom. The molecule has 0 bridgehead atoms. The molecule has 0 saturated carbocycles. The van der Waals surface area contributed by atoms with Crippen molar-refractivity contribution in [2.75, 3.05) is 26.4 Å². The number of rotatable bonds is 8. The smallest absolute Gasteiger partial charge is 0.352 e. The SMILES string of the molecule is CC(NC(=O)CC(C)(N(C)C)C(F)(F)F)[C@@H]1CCCN1C(=O)CSc1ccccn1. The highest BCUT2D eigenvalue weighted by Crippen LogP contribution is 2.36. The molecule has 6 nitrogen and oxygen atoms in total. The molecule has 10 heteroatoms. The van der Waals surface area contributed by atoms with Crippen LogP contribution in [0.15, 0.2) is 29.4 Å². The Morgan fingerprint density at radius 1 is 1.37 bits per heavy atom. The maximum atomic E-state index is 13.5. The van der Waals surface area contributed by atoms with Gasteiger partial charge in [0.25, 0.3) is 0 Å². The van der Waals surface area contributed by atoms with Gasteiger partial charge in [0.05, 0.1) is 23.2 Å². The summed E-state index contributed by atoms with van der Waals surface area (Å²) >= 11 is 1.34. The maximum Gasteiger partial charge on any atom is 0.407 e. The van der Waals surface area contributed by atoms with E-state index in [9.17, 15) is 22.8 Å². The molecule has 1 aromatic heterocycles. The van der Waals surface area contributed by atoms with E-state index < -0.39 is 30.1 Å². The molecule has 0 aromatic carbocycles. The van der Waals surface area contributed by atoms with Gasteiger partial charge in [0.1, 0.15) is 5.54 Å². The maximum absolute atomic E-state index is 13.5. The summed E-state index contributed by atoms with van der Waals surface area (Å²) in [7, 11) is 2.61. The van der Waals surface area contributed by atoms with Crippen LogP contribution in [0.1, 0.15) is 33.1 Å². The number of thioether (sulfide) groups is 1. The standard InChI is InChI=1S/C20H29F3N4O2S/c1-14(25-16(28)12-19(2,26(3)4)20(21,22)23)15-8-7-11-27(15)18(29)13-30-17-9-5-6-10-24-17/h5-6,9-10,14-15H,7-8,11-13H2,1-4H3,(H,25,28)/t14?,15-,19?/m0/s1. The molecule has 2 unspecified atom stereocenters. The van der Waals surface area contributed by atoms with Gasteiger partial charge in [-0.05, 0) is 52.9 Å². The Labute approximate surface area is 179 Å². The van der Waals surface area contributed by atoms with Crippen molar-refractivity contribution in [3.8, 4) is 0 Å². The lowest BCUT2D eigenvalue weighted by molar-refractivity contribution is -0.221. The third kappa shape index (κ3) is 5.87. The second-order valence-electron chi connectivity index (χ2n) is 7.95. The zero-order chi connectivity index (χ0) is 22.5. The number of hydrogen-bond donors (Lipinski definition) is 1. The molecule has 1 fully saturated rings. The molecule has 2 heterocycles. The predicted molar refractivity (Wildman–Crippen MR) is 110 cm³/mol. The summed E-state index contributed by atoms with van der Waals surface area (Å²) in [5, 5.41) is 3.43. The molecule has 2 rings (SSSR count). The Morgan fingerprint density at radius 2 is 2.07 bits per heavy atom. The number of amides is 2. The molecule has 168 valence electrons. The zero-order valence-electron chi connectivity index (χ0n) is 17.7. The minimum Gasteiger partial charge on any atom is -0.352 e. The average molecular weight is 447 g/mol. The van der Waals surface area contributed by atoms with Crippen LogP contribution in [0.3, 0.4) is 0 Å². The van der Waals surface area contributed by atoms with Gasteiger partial charge in [0.15, 0.2) is 0 Å². The summed E-state index contributed by atoms with van der Waals surface area (Å²) in [4.78, 5) is 32.0. The second kappa shape index (κ2) is 10.00. The molecule has 1 N–H and O–H groups in total. The minimum absolute atomic E-state index is 0.0670. The first kappa shape index (κ1) is 24.5. The Balaban J connectivity index is 1.95. The van der Waals surface area contributed by atoms with Crippen molar-refractivity contribution < 1.29 is 22.8 Å². The van der Waals surface area contributed by atoms with Crippen LogP contribution in [0, 0.1) is 0 Å². The normalized spacial score (nSPS) is 20.1. The van der Waals surface area contributed by atoms with Crippen molar-refractivity contribution >= 4 is 23.6 Å². The number of alkyl halides is 3. The highest BCUT2D eigenvalue weighted by atomic mass is 32.2. The van der Waals surface area contributed by atoms with Gasteiger partial charge >= 0.3 is 6.18 Å². The topological polar surface area (TPSA) is 65.5 Å². The van der Waals surface area contributed by atoms with Crippen LogP contribution in [0.2, 0.25) is 0 Å². The molecular formula is C20H29F3N4O2S. The van der Waals surface area contributed by atoms with Gasteiger partial charge in [-0.1, -0.05) is 17.8 Å². The molecule has 0 radical (unpaired) electrons. The molecule has 0 spiro atoms. The number of aromatic nitrogens is 1. The van der Waals surface area contributed by atoms with Crippen molar-refractivity contribution in [2.45, 2.75) is 61.9 Å². The molecule has 1 aliphatic heterocycles. The zero-order valence-corrected chi connectivity index (χ0v) is 18.5. The molecule has 30 heavy (non-hydrogen) atoms. The van der Waals surface area contributed by atoms with Gasteiger partial charge in [-0.25, -0.2) is 4.98 Å². The molecule has 2 amide bonds. The van der Waals surface area contributed by atoms with Crippen LogP contribution in [0.4, 0.5) is 13.2 Å². The number of nitrogens with one attached hydrogen (secondary N) is 1. The molecule has 1 aliphatic rings. The van der Waals surface area contributed by atoms with Crippen LogP contribution in [0.25, 0.3) is 0 Å². The van der Waals surface area contributed by atoms with E-state index in [0.29, 0.717) is 13.0 Å². The van der Waals surface area contributed by atoms with E-state index in [-0.39, 0.29) is 17.7 Å². The summed E-state index contributed by atoms with van der Waals surface area (Å²) < 4.78 is 40.4. The molecule has 0 aliphatic carbocycles. The number of nitrogens with zero attached hydrogens (tertiary/aromatic N) is 3. The van der Waals surface area contributed by atoms with Gasteiger partial charge in [-0.15, -0.1) is 0 Å². The number of carbonyl (C=O) groups is 2. The fourth-order valence-electron chi connectivity index (χ4n) is 3.50. The summed E-state index contributed by atoms with van der Waals surface area (Å²) in [5.41, 5.74) is -2.26. The van der Waals surface area contributed by atoms with Gasteiger partial charge in [-0.3, -0.25) is 14.5 Å². The van der Waals surface area contributed by atoms with Crippen LogP contribution in [0.5, 0.6) is 0 Å². The number of likely N-dealkylation sites (tertiary alicyclic amines) is 1. The van der Waals surface area contributed by atoms with Crippen LogP contribution in [-0.2, 0) is 9.59 Å². The first-order valence-electron chi connectivity index (χ1n) is 9.82. The van der Waals surface area contributed by atoms with E-state index in [2.05, 4.69) is 10.3 Å². The van der Waals surface area contributed by atoms with Crippen molar-refractivity contribution in [2.24, 2.45) is 0 Å². The van der Waals surface area contributed by atoms with Crippen molar-refractivity contribution in [1.29, 1.82) is 0 Å². The van der Waals surface area contributed by atoms with E-state index >= 15 is 0 Å². The second-order valence-corrected chi connectivity index (χ2v) is 8.95. The van der Waals surface area contributed by atoms with Gasteiger partial charge in [-0.2, -0.15) is 13.2 Å². The Bertz CT molecular complexity index is 733. The summed E-state index contributed by atoms with van der Waals surface area (Å²) in [6.07, 6.45) is -2.10. The monoisotopic (exact) mass is 446 g/mol. The lowest BCUT2D eigenvalue weighted by Gasteiger charge is -2.38. The number of carbonyl (C=O) groups excluding carboxylic acids is 2. The third-order valence-corrected chi connectivity index (χ3v) is 6.60. The molecule has 1 aromatic rings. The van der Waals surface area contributed by atoms with E-state index in [4.69, 9.17) is 0 Å². The number of hydrogen-bond acceptors (Lipinski definition) is 5. The molecule has 1 saturated heterocycles.